The van der Waals surface area contributed by atoms with E-state index in [1.807, 2.05) is 26.8 Å². The smallest absolute Gasteiger partial charge is 0.416 e. The maximum Gasteiger partial charge on any atom is 0.416 e. The highest BCUT2D eigenvalue weighted by Crippen LogP contribution is 2.37. The van der Waals surface area contributed by atoms with Crippen LogP contribution in [0.25, 0.3) is 16.7 Å². The van der Waals surface area contributed by atoms with E-state index in [0.717, 1.165) is 22.5 Å². The Balaban J connectivity index is 1.96. The van der Waals surface area contributed by atoms with Gasteiger partial charge < -0.3 is 9.84 Å². The molecular formula is C24H26F3N3O3. The van der Waals surface area contributed by atoms with Gasteiger partial charge in [-0.3, -0.25) is 0 Å². The largest absolute Gasteiger partial charge is 0.505 e. The van der Waals surface area contributed by atoms with Crippen LogP contribution < -0.4 is 0 Å². The number of hydrogen-bond donors (Lipinski definition) is 1. The van der Waals surface area contributed by atoms with Crippen LogP contribution in [-0.2, 0) is 27.5 Å². The summed E-state index contributed by atoms with van der Waals surface area (Å²) >= 11 is 0. The van der Waals surface area contributed by atoms with Gasteiger partial charge in [-0.2, -0.15) is 13.2 Å². The summed E-state index contributed by atoms with van der Waals surface area (Å²) in [6.45, 7) is 7.78. The summed E-state index contributed by atoms with van der Waals surface area (Å²) in [5.74, 6) is -0.452. The number of halogens is 3. The van der Waals surface area contributed by atoms with Crippen LogP contribution in [0.3, 0.4) is 0 Å². The molecule has 0 radical (unpaired) electrons. The molecule has 176 valence electrons. The maximum absolute atomic E-state index is 13.1. The standard InChI is InChI=1S/C24H26F3N3O3/c1-5-7-21(31)33-11-6-8-15-12-17(23(2,3)4)22(32)20(13-15)30-28-18-10-9-16(24(25,26)27)14-19(18)29-30/h5,7,9-10,12-14,32H,6,8,11H2,1-4H3. The van der Waals surface area contributed by atoms with Crippen LogP contribution in [0.15, 0.2) is 42.5 Å². The summed E-state index contributed by atoms with van der Waals surface area (Å²) in [7, 11) is 0. The normalized spacial score (nSPS) is 12.6. The van der Waals surface area contributed by atoms with Crippen molar-refractivity contribution in [3.63, 3.8) is 0 Å². The van der Waals surface area contributed by atoms with Crippen LogP contribution in [0.4, 0.5) is 13.2 Å². The molecular weight excluding hydrogens is 435 g/mol. The van der Waals surface area contributed by atoms with Crippen molar-refractivity contribution in [3.8, 4) is 11.4 Å². The zero-order valence-electron chi connectivity index (χ0n) is 18.9. The van der Waals surface area contributed by atoms with Crippen LogP contribution >= 0.6 is 0 Å². The fourth-order valence-electron chi connectivity index (χ4n) is 3.38. The van der Waals surface area contributed by atoms with Gasteiger partial charge in [-0.25, -0.2) is 4.79 Å². The number of carbonyl (C=O) groups is 1. The molecule has 2 aromatic carbocycles. The quantitative estimate of drug-likeness (QED) is 0.298. The number of allylic oxidation sites excluding steroid dienone is 1. The van der Waals surface area contributed by atoms with Gasteiger partial charge in [0.25, 0.3) is 0 Å². The molecule has 6 nitrogen and oxygen atoms in total. The third-order valence-corrected chi connectivity index (χ3v) is 5.04. The van der Waals surface area contributed by atoms with E-state index in [9.17, 15) is 23.1 Å². The lowest BCUT2D eigenvalue weighted by molar-refractivity contribution is -0.138. The molecule has 0 aliphatic rings. The maximum atomic E-state index is 13.1. The molecule has 0 aliphatic heterocycles. The van der Waals surface area contributed by atoms with Crippen molar-refractivity contribution in [2.45, 2.75) is 52.1 Å². The third kappa shape index (κ3) is 5.71. The van der Waals surface area contributed by atoms with E-state index in [1.54, 1.807) is 19.1 Å². The number of rotatable bonds is 6. The van der Waals surface area contributed by atoms with Crippen molar-refractivity contribution in [2.75, 3.05) is 6.61 Å². The van der Waals surface area contributed by atoms with E-state index < -0.39 is 23.1 Å². The number of fused-ring (bicyclic) bond motifs is 1. The Morgan fingerprint density at radius 2 is 1.82 bits per heavy atom. The zero-order chi connectivity index (χ0) is 24.4. The van der Waals surface area contributed by atoms with Crippen LogP contribution in [0, 0.1) is 0 Å². The van der Waals surface area contributed by atoms with Gasteiger partial charge in [0.15, 0.2) is 0 Å². The molecule has 0 fully saturated rings. The minimum absolute atomic E-state index is 0.0397. The minimum atomic E-state index is -4.49. The number of phenols is 1. The molecule has 3 aromatic rings. The first-order valence-corrected chi connectivity index (χ1v) is 10.5. The van der Waals surface area contributed by atoms with Crippen molar-refractivity contribution in [3.05, 3.63) is 59.2 Å². The van der Waals surface area contributed by atoms with Crippen LogP contribution in [-0.4, -0.2) is 32.7 Å². The summed E-state index contributed by atoms with van der Waals surface area (Å²) in [6, 6.07) is 6.71. The predicted molar refractivity (Wildman–Crippen MR) is 118 cm³/mol. The van der Waals surface area contributed by atoms with Gasteiger partial charge in [0.05, 0.1) is 12.2 Å². The molecule has 1 heterocycles. The predicted octanol–water partition coefficient (Wildman–Crippen LogP) is 5.49. The van der Waals surface area contributed by atoms with Gasteiger partial charge in [0, 0.05) is 11.6 Å². The number of aromatic hydroxyl groups is 1. The van der Waals surface area contributed by atoms with Crippen molar-refractivity contribution in [2.24, 2.45) is 0 Å². The number of phenolic OH excluding ortho intramolecular Hbond substituents is 1. The van der Waals surface area contributed by atoms with Crippen molar-refractivity contribution in [1.29, 1.82) is 0 Å². The van der Waals surface area contributed by atoms with Gasteiger partial charge in [0.2, 0.25) is 0 Å². The molecule has 0 spiro atoms. The highest BCUT2D eigenvalue weighted by atomic mass is 19.4. The number of benzene rings is 2. The topological polar surface area (TPSA) is 77.2 Å². The highest BCUT2D eigenvalue weighted by molar-refractivity contribution is 5.81. The fraction of sp³-hybridized carbons (Fsp3) is 0.375. The van der Waals surface area contributed by atoms with E-state index in [4.69, 9.17) is 4.74 Å². The van der Waals surface area contributed by atoms with E-state index >= 15 is 0 Å². The molecule has 0 bridgehead atoms. The number of aromatic nitrogens is 3. The number of esters is 1. The Labute approximate surface area is 189 Å². The Morgan fingerprint density at radius 3 is 2.45 bits per heavy atom. The molecule has 0 amide bonds. The lowest BCUT2D eigenvalue weighted by Gasteiger charge is -2.23. The molecule has 0 aliphatic carbocycles. The van der Waals surface area contributed by atoms with Crippen LogP contribution in [0.5, 0.6) is 5.75 Å². The van der Waals surface area contributed by atoms with Crippen molar-refractivity contribution in [1.82, 2.24) is 15.0 Å². The Bertz CT molecular complexity index is 1190. The zero-order valence-corrected chi connectivity index (χ0v) is 18.9. The van der Waals surface area contributed by atoms with Crippen molar-refractivity contribution >= 4 is 17.0 Å². The number of alkyl halides is 3. The molecule has 3 rings (SSSR count). The second-order valence-electron chi connectivity index (χ2n) is 8.72. The van der Waals surface area contributed by atoms with Gasteiger partial charge >= 0.3 is 12.1 Å². The highest BCUT2D eigenvalue weighted by Gasteiger charge is 2.31. The monoisotopic (exact) mass is 461 g/mol. The fourth-order valence-corrected chi connectivity index (χ4v) is 3.38. The van der Waals surface area contributed by atoms with Crippen LogP contribution in [0.1, 0.15) is 50.8 Å². The average Bonchev–Trinajstić information content (AvgIpc) is 3.14. The Kier molecular flexibility index (Phi) is 6.81. The number of aryl methyl sites for hydroxylation is 1. The first-order valence-electron chi connectivity index (χ1n) is 10.5. The van der Waals surface area contributed by atoms with Gasteiger partial charge in [0.1, 0.15) is 22.5 Å². The molecule has 0 saturated heterocycles. The minimum Gasteiger partial charge on any atom is -0.505 e. The van der Waals surface area contributed by atoms with Gasteiger partial charge in [-0.15, -0.1) is 15.0 Å². The summed E-state index contributed by atoms with van der Waals surface area (Å²) < 4.78 is 44.3. The molecule has 0 atom stereocenters. The molecule has 1 aromatic heterocycles. The summed E-state index contributed by atoms with van der Waals surface area (Å²) in [6.07, 6.45) is -0.438. The Hall–Kier alpha value is -3.36. The lowest BCUT2D eigenvalue weighted by Crippen LogP contribution is -2.14. The number of nitrogens with zero attached hydrogens (tertiary/aromatic N) is 3. The molecule has 0 saturated carbocycles. The first kappa shape index (κ1) is 24.3. The second-order valence-corrected chi connectivity index (χ2v) is 8.72. The van der Waals surface area contributed by atoms with Crippen LogP contribution in [0.2, 0.25) is 0 Å². The summed E-state index contributed by atoms with van der Waals surface area (Å²) in [5, 5.41) is 19.4. The second kappa shape index (κ2) is 9.25. The molecule has 1 N–H and O–H groups in total. The molecule has 9 heteroatoms. The van der Waals surface area contributed by atoms with Gasteiger partial charge in [-0.05, 0) is 55.0 Å². The molecule has 33 heavy (non-hydrogen) atoms. The van der Waals surface area contributed by atoms with E-state index in [2.05, 4.69) is 10.2 Å². The first-order chi connectivity index (χ1) is 15.4. The van der Waals surface area contributed by atoms with E-state index in [1.165, 1.54) is 12.1 Å². The lowest BCUT2D eigenvalue weighted by atomic mass is 9.84. The van der Waals surface area contributed by atoms with E-state index in [0.29, 0.717) is 18.4 Å². The summed E-state index contributed by atoms with van der Waals surface area (Å²) in [5.41, 5.74) is 0.897. The number of ether oxygens (including phenoxy) is 1. The Morgan fingerprint density at radius 1 is 1.12 bits per heavy atom. The number of hydrogen-bond acceptors (Lipinski definition) is 5. The molecule has 0 unspecified atom stereocenters. The van der Waals surface area contributed by atoms with E-state index in [-0.39, 0.29) is 29.1 Å². The third-order valence-electron chi connectivity index (χ3n) is 5.04. The average molecular weight is 461 g/mol. The summed E-state index contributed by atoms with van der Waals surface area (Å²) in [4.78, 5) is 12.6. The SMILES string of the molecule is CC=CC(=O)OCCCc1cc(-n2nc3ccc(C(F)(F)F)cc3n2)c(O)c(C(C)(C)C)c1. The van der Waals surface area contributed by atoms with Crippen molar-refractivity contribution < 1.29 is 27.8 Å². The van der Waals surface area contributed by atoms with Gasteiger partial charge in [-0.1, -0.05) is 32.9 Å². The number of carbonyl (C=O) groups excluding carboxylic acids is 1.